The van der Waals surface area contributed by atoms with Gasteiger partial charge in [-0.3, -0.25) is 4.79 Å². The quantitative estimate of drug-likeness (QED) is 0.841. The van der Waals surface area contributed by atoms with Gasteiger partial charge >= 0.3 is 0 Å². The first-order chi connectivity index (χ1) is 8.56. The average molecular weight is 243 g/mol. The fourth-order valence-corrected chi connectivity index (χ4v) is 2.04. The topological polar surface area (TPSA) is 42.1 Å². The normalized spacial score (nSPS) is 10.4. The molecule has 3 nitrogen and oxygen atoms in total. The lowest BCUT2D eigenvalue weighted by Gasteiger charge is -2.06. The lowest BCUT2D eigenvalue weighted by atomic mass is 10.0. The summed E-state index contributed by atoms with van der Waals surface area (Å²) in [5.41, 5.74) is 4.40. The lowest BCUT2D eigenvalue weighted by Crippen LogP contribution is -2.06. The number of rotatable bonds is 3. The molecule has 1 heterocycles. The van der Waals surface area contributed by atoms with Crippen molar-refractivity contribution in [3.63, 3.8) is 0 Å². The summed E-state index contributed by atoms with van der Waals surface area (Å²) in [7, 11) is 1.57. The molecular weight excluding hydrogens is 226 g/mol. The lowest BCUT2D eigenvalue weighted by molar-refractivity contribution is 0.103. The van der Waals surface area contributed by atoms with Crippen molar-refractivity contribution >= 4 is 5.78 Å². The summed E-state index contributed by atoms with van der Waals surface area (Å²) in [5, 5.41) is 0. The van der Waals surface area contributed by atoms with Gasteiger partial charge in [-0.15, -0.1) is 0 Å². The van der Waals surface area contributed by atoms with Gasteiger partial charge in [0.2, 0.25) is 5.78 Å². The minimum atomic E-state index is -0.0267. The molecule has 2 rings (SSSR count). The maximum atomic E-state index is 12.5. The molecule has 0 spiro atoms. The van der Waals surface area contributed by atoms with Crippen LogP contribution in [0.25, 0.3) is 0 Å². The van der Waals surface area contributed by atoms with Gasteiger partial charge in [0.05, 0.1) is 18.4 Å². The van der Waals surface area contributed by atoms with E-state index in [1.54, 1.807) is 19.2 Å². The molecule has 0 aliphatic heterocycles. The highest BCUT2D eigenvalue weighted by Gasteiger charge is 2.19. The van der Waals surface area contributed by atoms with Crippen LogP contribution in [0, 0.1) is 20.8 Å². The predicted octanol–water partition coefficient (Wildman–Crippen LogP) is 3.18. The Labute approximate surface area is 107 Å². The Morgan fingerprint density at radius 1 is 1.11 bits per heavy atom. The first kappa shape index (κ1) is 12.4. The van der Waals surface area contributed by atoms with Crippen molar-refractivity contribution in [3.8, 4) is 5.75 Å². The number of aromatic nitrogens is 1. The van der Waals surface area contributed by atoms with E-state index in [2.05, 4.69) is 4.98 Å². The van der Waals surface area contributed by atoms with Crippen LogP contribution in [0.15, 0.2) is 24.3 Å². The third-order valence-corrected chi connectivity index (χ3v) is 3.39. The van der Waals surface area contributed by atoms with Gasteiger partial charge in [0, 0.05) is 5.69 Å². The number of methoxy groups -OCH3 is 1. The van der Waals surface area contributed by atoms with Crippen LogP contribution in [0.3, 0.4) is 0 Å². The molecule has 0 bridgehead atoms. The molecule has 0 aliphatic carbocycles. The van der Waals surface area contributed by atoms with E-state index in [1.165, 1.54) is 0 Å². The Morgan fingerprint density at radius 3 is 2.33 bits per heavy atom. The Bertz CT molecular complexity index is 597. The van der Waals surface area contributed by atoms with Gasteiger partial charge < -0.3 is 9.72 Å². The fourth-order valence-electron chi connectivity index (χ4n) is 2.04. The van der Waals surface area contributed by atoms with Crippen molar-refractivity contribution in [1.82, 2.24) is 4.98 Å². The second kappa shape index (κ2) is 4.69. The zero-order valence-corrected chi connectivity index (χ0v) is 11.1. The van der Waals surface area contributed by atoms with Crippen molar-refractivity contribution in [2.45, 2.75) is 20.8 Å². The van der Waals surface area contributed by atoms with E-state index < -0.39 is 0 Å². The summed E-state index contributed by atoms with van der Waals surface area (Å²) in [4.78, 5) is 15.7. The maximum Gasteiger partial charge on any atom is 0.213 e. The van der Waals surface area contributed by atoms with Crippen LogP contribution in [0.1, 0.15) is 32.9 Å². The molecule has 1 aromatic carbocycles. The minimum Gasteiger partial charge on any atom is -0.496 e. The molecule has 0 amide bonds. The third kappa shape index (κ3) is 1.92. The van der Waals surface area contributed by atoms with Gasteiger partial charge in [0.1, 0.15) is 5.75 Å². The summed E-state index contributed by atoms with van der Waals surface area (Å²) in [6.45, 7) is 5.95. The van der Waals surface area contributed by atoms with E-state index in [0.717, 1.165) is 16.8 Å². The number of carbonyl (C=O) groups is 1. The Hall–Kier alpha value is -2.03. The molecule has 0 radical (unpaired) electrons. The maximum absolute atomic E-state index is 12.5. The smallest absolute Gasteiger partial charge is 0.213 e. The van der Waals surface area contributed by atoms with E-state index in [4.69, 9.17) is 4.74 Å². The molecule has 0 aliphatic rings. The highest BCUT2D eigenvalue weighted by molar-refractivity contribution is 6.10. The Kier molecular flexibility index (Phi) is 3.24. The number of hydrogen-bond acceptors (Lipinski definition) is 2. The van der Waals surface area contributed by atoms with E-state index >= 15 is 0 Å². The van der Waals surface area contributed by atoms with Crippen molar-refractivity contribution in [3.05, 3.63) is 52.3 Å². The molecule has 94 valence electrons. The second-order valence-corrected chi connectivity index (χ2v) is 4.40. The molecule has 1 aromatic heterocycles. The van der Waals surface area contributed by atoms with Crippen molar-refractivity contribution < 1.29 is 9.53 Å². The highest BCUT2D eigenvalue weighted by Crippen LogP contribution is 2.24. The third-order valence-electron chi connectivity index (χ3n) is 3.39. The van der Waals surface area contributed by atoms with Crippen LogP contribution < -0.4 is 4.74 Å². The zero-order valence-electron chi connectivity index (χ0n) is 11.1. The zero-order chi connectivity index (χ0) is 13.3. The number of aromatic amines is 1. The summed E-state index contributed by atoms with van der Waals surface area (Å²) in [5.74, 6) is 0.577. The van der Waals surface area contributed by atoms with Gasteiger partial charge in [-0.25, -0.2) is 0 Å². The molecule has 1 N–H and O–H groups in total. The monoisotopic (exact) mass is 243 g/mol. The van der Waals surface area contributed by atoms with Gasteiger partial charge in [-0.1, -0.05) is 12.1 Å². The molecule has 0 saturated heterocycles. The highest BCUT2D eigenvalue weighted by atomic mass is 16.5. The van der Waals surface area contributed by atoms with E-state index in [0.29, 0.717) is 17.0 Å². The van der Waals surface area contributed by atoms with Crippen LogP contribution in [0.5, 0.6) is 5.75 Å². The summed E-state index contributed by atoms with van der Waals surface area (Å²) in [6.07, 6.45) is 0. The van der Waals surface area contributed by atoms with Gasteiger partial charge in [-0.2, -0.15) is 0 Å². The molecule has 0 fully saturated rings. The molecule has 0 atom stereocenters. The number of benzene rings is 1. The SMILES string of the molecule is COc1ccccc1C(=O)c1[nH]c(C)c(C)c1C. The number of ketones is 1. The molecule has 0 saturated carbocycles. The van der Waals surface area contributed by atoms with Crippen LogP contribution in [0.2, 0.25) is 0 Å². The van der Waals surface area contributed by atoms with E-state index in [9.17, 15) is 4.79 Å². The van der Waals surface area contributed by atoms with Crippen LogP contribution in [0.4, 0.5) is 0 Å². The fraction of sp³-hybridized carbons (Fsp3) is 0.267. The van der Waals surface area contributed by atoms with Crippen molar-refractivity contribution in [2.24, 2.45) is 0 Å². The number of H-pyrrole nitrogens is 1. The number of ether oxygens (including phenoxy) is 1. The van der Waals surface area contributed by atoms with Crippen LogP contribution in [-0.4, -0.2) is 17.9 Å². The average Bonchev–Trinajstić information content (AvgIpc) is 2.65. The second-order valence-electron chi connectivity index (χ2n) is 4.40. The van der Waals surface area contributed by atoms with Gasteiger partial charge in [-0.05, 0) is 44.0 Å². The first-order valence-electron chi connectivity index (χ1n) is 5.89. The van der Waals surface area contributed by atoms with E-state index in [-0.39, 0.29) is 5.78 Å². The standard InChI is InChI=1S/C15H17NO2/c1-9-10(2)14(16-11(9)3)15(17)12-7-5-6-8-13(12)18-4/h5-8,16H,1-4H3. The molecular formula is C15H17NO2. The summed E-state index contributed by atoms with van der Waals surface area (Å²) < 4.78 is 5.23. The molecule has 3 heteroatoms. The van der Waals surface area contributed by atoms with Crippen molar-refractivity contribution in [2.75, 3.05) is 7.11 Å². The van der Waals surface area contributed by atoms with Crippen molar-refractivity contribution in [1.29, 1.82) is 0 Å². The molecule has 2 aromatic rings. The van der Waals surface area contributed by atoms with Crippen LogP contribution in [-0.2, 0) is 0 Å². The van der Waals surface area contributed by atoms with Crippen LogP contribution >= 0.6 is 0 Å². The number of hydrogen-bond donors (Lipinski definition) is 1. The number of carbonyl (C=O) groups excluding carboxylic acids is 1. The predicted molar refractivity (Wildman–Crippen MR) is 71.4 cm³/mol. The first-order valence-corrected chi connectivity index (χ1v) is 5.89. The Balaban J connectivity index is 2.51. The Morgan fingerprint density at radius 2 is 1.78 bits per heavy atom. The molecule has 18 heavy (non-hydrogen) atoms. The number of nitrogens with one attached hydrogen (secondary N) is 1. The van der Waals surface area contributed by atoms with E-state index in [1.807, 2.05) is 32.9 Å². The molecule has 0 unspecified atom stereocenters. The summed E-state index contributed by atoms with van der Waals surface area (Å²) in [6, 6.07) is 7.28. The number of para-hydroxylation sites is 1. The number of aryl methyl sites for hydroxylation is 1. The largest absolute Gasteiger partial charge is 0.496 e. The van der Waals surface area contributed by atoms with Gasteiger partial charge in [0.25, 0.3) is 0 Å². The van der Waals surface area contributed by atoms with Gasteiger partial charge in [0.15, 0.2) is 0 Å². The summed E-state index contributed by atoms with van der Waals surface area (Å²) >= 11 is 0. The minimum absolute atomic E-state index is 0.0267.